The summed E-state index contributed by atoms with van der Waals surface area (Å²) in [5, 5.41) is 9.70. The second-order valence-corrected chi connectivity index (χ2v) is 4.35. The molecule has 2 rings (SSSR count). The Morgan fingerprint density at radius 3 is 2.55 bits per heavy atom. The van der Waals surface area contributed by atoms with Crippen LogP contribution in [0.15, 0.2) is 24.3 Å². The average molecular weight is 276 g/mol. The number of carboxylic acid groups (broad SMARTS) is 1. The molecule has 0 aliphatic heterocycles. The Morgan fingerprint density at radius 1 is 1.30 bits per heavy atom. The van der Waals surface area contributed by atoms with Gasteiger partial charge in [-0.15, -0.1) is 0 Å². The number of ether oxygens (including phenoxy) is 2. The molecule has 6 heteroatoms. The Labute approximate surface area is 116 Å². The molecule has 0 saturated heterocycles. The van der Waals surface area contributed by atoms with Gasteiger partial charge in [-0.2, -0.15) is 0 Å². The SMILES string of the molecule is COc1cc2ccc(CC(N)C(=O)O)nc2cc1OC. The Kier molecular flexibility index (Phi) is 4.05. The number of hydrogen-bond acceptors (Lipinski definition) is 5. The normalized spacial score (nSPS) is 12.2. The lowest BCUT2D eigenvalue weighted by molar-refractivity contribution is -0.138. The number of aliphatic carboxylic acids is 1. The third-order valence-electron chi connectivity index (χ3n) is 3.00. The average Bonchev–Trinajstić information content (AvgIpc) is 2.45. The number of aromatic nitrogens is 1. The second-order valence-electron chi connectivity index (χ2n) is 4.35. The van der Waals surface area contributed by atoms with Gasteiger partial charge in [-0.3, -0.25) is 9.78 Å². The van der Waals surface area contributed by atoms with E-state index in [0.717, 1.165) is 5.39 Å². The van der Waals surface area contributed by atoms with Crippen LogP contribution >= 0.6 is 0 Å². The zero-order chi connectivity index (χ0) is 14.7. The van der Waals surface area contributed by atoms with Gasteiger partial charge in [0.05, 0.1) is 19.7 Å². The number of carboxylic acids is 1. The van der Waals surface area contributed by atoms with E-state index < -0.39 is 12.0 Å². The van der Waals surface area contributed by atoms with Crippen LogP contribution in [0.3, 0.4) is 0 Å². The molecular formula is C14H16N2O4. The Bertz CT molecular complexity index is 642. The van der Waals surface area contributed by atoms with Crippen molar-refractivity contribution < 1.29 is 19.4 Å². The lowest BCUT2D eigenvalue weighted by Gasteiger charge is -2.10. The largest absolute Gasteiger partial charge is 0.493 e. The highest BCUT2D eigenvalue weighted by Gasteiger charge is 2.14. The summed E-state index contributed by atoms with van der Waals surface area (Å²) < 4.78 is 10.4. The van der Waals surface area contributed by atoms with Gasteiger partial charge in [0.25, 0.3) is 0 Å². The van der Waals surface area contributed by atoms with Crippen LogP contribution in [-0.4, -0.2) is 36.3 Å². The van der Waals surface area contributed by atoms with Crippen LogP contribution < -0.4 is 15.2 Å². The first-order valence-electron chi connectivity index (χ1n) is 6.05. The van der Waals surface area contributed by atoms with Crippen molar-refractivity contribution in [2.24, 2.45) is 5.73 Å². The fourth-order valence-electron chi connectivity index (χ4n) is 1.92. The van der Waals surface area contributed by atoms with E-state index in [1.54, 1.807) is 26.4 Å². The van der Waals surface area contributed by atoms with E-state index in [0.29, 0.717) is 22.7 Å². The van der Waals surface area contributed by atoms with E-state index in [1.165, 1.54) is 0 Å². The highest BCUT2D eigenvalue weighted by Crippen LogP contribution is 2.31. The van der Waals surface area contributed by atoms with Gasteiger partial charge >= 0.3 is 5.97 Å². The molecule has 1 aromatic carbocycles. The summed E-state index contributed by atoms with van der Waals surface area (Å²) in [4.78, 5) is 15.2. The third-order valence-corrected chi connectivity index (χ3v) is 3.00. The summed E-state index contributed by atoms with van der Waals surface area (Å²) in [6, 6.07) is 6.23. The van der Waals surface area contributed by atoms with Gasteiger partial charge in [-0.1, -0.05) is 6.07 Å². The van der Waals surface area contributed by atoms with Crippen LogP contribution in [0.1, 0.15) is 5.69 Å². The van der Waals surface area contributed by atoms with Crippen LogP contribution in [0.5, 0.6) is 11.5 Å². The molecule has 0 aliphatic rings. The minimum absolute atomic E-state index is 0.180. The first kappa shape index (κ1) is 14.1. The van der Waals surface area contributed by atoms with Crippen LogP contribution in [0, 0.1) is 0 Å². The van der Waals surface area contributed by atoms with Gasteiger partial charge in [-0.25, -0.2) is 0 Å². The van der Waals surface area contributed by atoms with E-state index in [9.17, 15) is 4.79 Å². The lowest BCUT2D eigenvalue weighted by atomic mass is 10.1. The zero-order valence-electron chi connectivity index (χ0n) is 11.3. The highest BCUT2D eigenvalue weighted by molar-refractivity contribution is 5.83. The third kappa shape index (κ3) is 2.80. The Balaban J connectivity index is 2.40. The summed E-state index contributed by atoms with van der Waals surface area (Å²) >= 11 is 0. The molecule has 0 fully saturated rings. The topological polar surface area (TPSA) is 94.7 Å². The molecule has 1 heterocycles. The molecule has 0 spiro atoms. The van der Waals surface area contributed by atoms with Crippen LogP contribution in [0.25, 0.3) is 10.9 Å². The molecule has 1 unspecified atom stereocenters. The van der Waals surface area contributed by atoms with Crippen LogP contribution in [-0.2, 0) is 11.2 Å². The van der Waals surface area contributed by atoms with Crippen LogP contribution in [0.4, 0.5) is 0 Å². The fourth-order valence-corrected chi connectivity index (χ4v) is 1.92. The number of nitrogens with zero attached hydrogens (tertiary/aromatic N) is 1. The number of hydrogen-bond donors (Lipinski definition) is 2. The molecule has 106 valence electrons. The number of carbonyl (C=O) groups is 1. The van der Waals surface area contributed by atoms with Crippen LogP contribution in [0.2, 0.25) is 0 Å². The van der Waals surface area contributed by atoms with E-state index in [2.05, 4.69) is 4.98 Å². The maximum Gasteiger partial charge on any atom is 0.320 e. The molecule has 20 heavy (non-hydrogen) atoms. The second kappa shape index (κ2) is 5.75. The highest BCUT2D eigenvalue weighted by atomic mass is 16.5. The molecule has 3 N–H and O–H groups in total. The van der Waals surface area contributed by atoms with Crippen molar-refractivity contribution >= 4 is 16.9 Å². The first-order valence-corrected chi connectivity index (χ1v) is 6.05. The van der Waals surface area contributed by atoms with E-state index in [4.69, 9.17) is 20.3 Å². The summed E-state index contributed by atoms with van der Waals surface area (Å²) in [5.74, 6) is 0.156. The minimum Gasteiger partial charge on any atom is -0.493 e. The number of benzene rings is 1. The first-order chi connectivity index (χ1) is 9.55. The lowest BCUT2D eigenvalue weighted by Crippen LogP contribution is -2.32. The van der Waals surface area contributed by atoms with Crippen molar-refractivity contribution in [3.8, 4) is 11.5 Å². The number of pyridine rings is 1. The molecule has 1 atom stereocenters. The zero-order valence-corrected chi connectivity index (χ0v) is 11.3. The molecular weight excluding hydrogens is 260 g/mol. The smallest absolute Gasteiger partial charge is 0.320 e. The molecule has 2 aromatic rings. The molecule has 1 aromatic heterocycles. The molecule has 0 amide bonds. The predicted molar refractivity (Wildman–Crippen MR) is 74.2 cm³/mol. The number of methoxy groups -OCH3 is 2. The standard InChI is InChI=1S/C14H16N2O4/c1-19-12-5-8-3-4-9(6-10(15)14(17)18)16-11(8)7-13(12)20-2/h3-5,7,10H,6,15H2,1-2H3,(H,17,18). The van der Waals surface area contributed by atoms with E-state index in [-0.39, 0.29) is 6.42 Å². The van der Waals surface area contributed by atoms with E-state index in [1.807, 2.05) is 12.1 Å². The number of rotatable bonds is 5. The quantitative estimate of drug-likeness (QED) is 0.852. The maximum atomic E-state index is 10.8. The van der Waals surface area contributed by atoms with Gasteiger partial charge in [0, 0.05) is 23.6 Å². The van der Waals surface area contributed by atoms with Crippen molar-refractivity contribution in [3.05, 3.63) is 30.0 Å². The van der Waals surface area contributed by atoms with Gasteiger partial charge in [0.1, 0.15) is 6.04 Å². The van der Waals surface area contributed by atoms with Gasteiger partial charge in [-0.05, 0) is 12.1 Å². The minimum atomic E-state index is -1.04. The predicted octanol–water partition coefficient (Wildman–Crippen LogP) is 1.21. The summed E-state index contributed by atoms with van der Waals surface area (Å²) in [7, 11) is 3.12. The Morgan fingerprint density at radius 2 is 1.95 bits per heavy atom. The number of nitrogens with two attached hydrogens (primary N) is 1. The van der Waals surface area contributed by atoms with Gasteiger partial charge in [0.2, 0.25) is 0 Å². The molecule has 0 saturated carbocycles. The summed E-state index contributed by atoms with van der Waals surface area (Å²) in [6.07, 6.45) is 0.180. The Hall–Kier alpha value is -2.34. The fraction of sp³-hybridized carbons (Fsp3) is 0.286. The molecule has 0 aliphatic carbocycles. The summed E-state index contributed by atoms with van der Waals surface area (Å²) in [6.45, 7) is 0. The summed E-state index contributed by atoms with van der Waals surface area (Å²) in [5.41, 5.74) is 6.84. The number of fused-ring (bicyclic) bond motifs is 1. The van der Waals surface area contributed by atoms with Crippen molar-refractivity contribution in [3.63, 3.8) is 0 Å². The molecule has 0 radical (unpaired) electrons. The van der Waals surface area contributed by atoms with Crippen molar-refractivity contribution in [2.45, 2.75) is 12.5 Å². The van der Waals surface area contributed by atoms with Crippen molar-refractivity contribution in [2.75, 3.05) is 14.2 Å². The van der Waals surface area contributed by atoms with E-state index >= 15 is 0 Å². The monoisotopic (exact) mass is 276 g/mol. The molecule has 6 nitrogen and oxygen atoms in total. The van der Waals surface area contributed by atoms with Crippen molar-refractivity contribution in [1.29, 1.82) is 0 Å². The van der Waals surface area contributed by atoms with Gasteiger partial charge in [0.15, 0.2) is 11.5 Å². The maximum absolute atomic E-state index is 10.8. The molecule has 0 bridgehead atoms. The van der Waals surface area contributed by atoms with Gasteiger partial charge < -0.3 is 20.3 Å². The van der Waals surface area contributed by atoms with Crippen molar-refractivity contribution in [1.82, 2.24) is 4.98 Å².